The maximum Gasteiger partial charge on any atom is 0.410 e. The fraction of sp³-hybridized carbons (Fsp3) is 0.500. The Labute approximate surface area is 262 Å². The maximum atomic E-state index is 13.8. The summed E-state index contributed by atoms with van der Waals surface area (Å²) in [6.07, 6.45) is 0.396. The molecule has 0 aliphatic carbocycles. The molecular formula is C34H41F2N5O4. The number of rotatable bonds is 5. The average molecular weight is 622 g/mol. The highest BCUT2D eigenvalue weighted by atomic mass is 19.3. The normalized spacial score (nSPS) is 17.2. The van der Waals surface area contributed by atoms with Crippen LogP contribution in [0.25, 0.3) is 0 Å². The molecular weight excluding hydrogens is 580 g/mol. The molecule has 0 unspecified atom stereocenters. The van der Waals surface area contributed by atoms with E-state index in [9.17, 15) is 18.4 Å². The van der Waals surface area contributed by atoms with E-state index < -0.39 is 12.0 Å². The van der Waals surface area contributed by atoms with E-state index in [-0.39, 0.29) is 30.4 Å². The standard InChI is InChI=1S/C34H41F2N5O4/c1-34(2,3)45-33(43)39-19-15-28-27(21-39)31(40-16-7-10-24-11-12-25(30(35)36)20-29(24)40)37-41(28)26-13-17-38(18-14-26)32(42)44-22-23-8-5-4-6-9-23/h4-6,8-9,11-12,20,26,30H,7,10,13-19,21-22H2,1-3H3. The predicted molar refractivity (Wildman–Crippen MR) is 166 cm³/mol. The molecule has 1 aromatic heterocycles. The van der Waals surface area contributed by atoms with Crippen molar-refractivity contribution >= 4 is 23.7 Å². The van der Waals surface area contributed by atoms with Crippen molar-refractivity contribution < 1.29 is 27.8 Å². The minimum absolute atomic E-state index is 0.0177. The molecule has 3 aromatic rings. The van der Waals surface area contributed by atoms with Crippen LogP contribution in [-0.4, -0.2) is 63.5 Å². The Balaban J connectivity index is 1.26. The molecule has 240 valence electrons. The van der Waals surface area contributed by atoms with Crippen LogP contribution in [0.1, 0.15) is 80.4 Å². The number of piperidine rings is 1. The van der Waals surface area contributed by atoms with Crippen molar-refractivity contribution in [2.45, 2.75) is 84.1 Å². The van der Waals surface area contributed by atoms with E-state index in [0.717, 1.165) is 40.9 Å². The summed E-state index contributed by atoms with van der Waals surface area (Å²) in [5, 5.41) is 5.17. The predicted octanol–water partition coefficient (Wildman–Crippen LogP) is 7.17. The summed E-state index contributed by atoms with van der Waals surface area (Å²) >= 11 is 0. The second-order valence-electron chi connectivity index (χ2n) is 13.0. The van der Waals surface area contributed by atoms with E-state index in [1.807, 2.05) is 51.1 Å². The molecule has 1 fully saturated rings. The third-order valence-electron chi connectivity index (χ3n) is 8.73. The molecule has 6 rings (SSSR count). The van der Waals surface area contributed by atoms with Crippen molar-refractivity contribution in [2.75, 3.05) is 31.1 Å². The highest BCUT2D eigenvalue weighted by Crippen LogP contribution is 2.41. The second kappa shape index (κ2) is 12.7. The summed E-state index contributed by atoms with van der Waals surface area (Å²) in [4.78, 5) is 31.4. The van der Waals surface area contributed by atoms with Crippen LogP contribution < -0.4 is 4.90 Å². The van der Waals surface area contributed by atoms with Gasteiger partial charge in [0.1, 0.15) is 12.2 Å². The molecule has 2 amide bonds. The number of benzene rings is 2. The van der Waals surface area contributed by atoms with Gasteiger partial charge in [0.2, 0.25) is 0 Å². The largest absolute Gasteiger partial charge is 0.445 e. The van der Waals surface area contributed by atoms with Gasteiger partial charge in [-0.1, -0.05) is 42.5 Å². The van der Waals surface area contributed by atoms with Gasteiger partial charge < -0.3 is 24.2 Å². The van der Waals surface area contributed by atoms with Gasteiger partial charge in [-0.2, -0.15) is 5.10 Å². The Morgan fingerprint density at radius 2 is 1.71 bits per heavy atom. The molecule has 0 spiro atoms. The number of halogens is 2. The highest BCUT2D eigenvalue weighted by molar-refractivity contribution is 5.72. The molecule has 1 saturated heterocycles. The maximum absolute atomic E-state index is 13.8. The Morgan fingerprint density at radius 3 is 2.42 bits per heavy atom. The zero-order valence-electron chi connectivity index (χ0n) is 26.2. The number of carbonyl (C=O) groups is 2. The van der Waals surface area contributed by atoms with Gasteiger partial charge in [0.15, 0.2) is 5.82 Å². The highest BCUT2D eigenvalue weighted by Gasteiger charge is 2.36. The first kappa shape index (κ1) is 30.9. The molecule has 3 aliphatic rings. The Morgan fingerprint density at radius 1 is 0.956 bits per heavy atom. The molecule has 0 radical (unpaired) electrons. The first-order valence-corrected chi connectivity index (χ1v) is 15.8. The fourth-order valence-corrected chi connectivity index (χ4v) is 6.48. The number of fused-ring (bicyclic) bond motifs is 2. The number of likely N-dealkylation sites (tertiary alicyclic amines) is 1. The van der Waals surface area contributed by atoms with Crippen molar-refractivity contribution in [2.24, 2.45) is 0 Å². The third-order valence-corrected chi connectivity index (χ3v) is 8.73. The molecule has 3 aliphatic heterocycles. The molecule has 2 aromatic carbocycles. The lowest BCUT2D eigenvalue weighted by atomic mass is 9.98. The van der Waals surface area contributed by atoms with Crippen LogP contribution in [0.5, 0.6) is 0 Å². The van der Waals surface area contributed by atoms with Crippen molar-refractivity contribution in [1.82, 2.24) is 19.6 Å². The molecule has 0 atom stereocenters. The Kier molecular flexibility index (Phi) is 8.70. The summed E-state index contributed by atoms with van der Waals surface area (Å²) < 4.78 is 40.8. The van der Waals surface area contributed by atoms with E-state index in [0.29, 0.717) is 57.8 Å². The van der Waals surface area contributed by atoms with E-state index in [1.54, 1.807) is 21.9 Å². The number of amides is 2. The van der Waals surface area contributed by atoms with Gasteiger partial charge >= 0.3 is 12.2 Å². The zero-order chi connectivity index (χ0) is 31.7. The molecule has 0 N–H and O–H groups in total. The van der Waals surface area contributed by atoms with Gasteiger partial charge in [0, 0.05) is 55.1 Å². The van der Waals surface area contributed by atoms with Crippen molar-refractivity contribution in [3.63, 3.8) is 0 Å². The third kappa shape index (κ3) is 6.77. The van der Waals surface area contributed by atoms with Crippen LogP contribution >= 0.6 is 0 Å². The smallest absolute Gasteiger partial charge is 0.410 e. The number of hydrogen-bond acceptors (Lipinski definition) is 6. The van der Waals surface area contributed by atoms with Gasteiger partial charge in [0.05, 0.1) is 12.6 Å². The molecule has 9 nitrogen and oxygen atoms in total. The van der Waals surface area contributed by atoms with Crippen LogP contribution in [0.3, 0.4) is 0 Å². The van der Waals surface area contributed by atoms with Crippen LogP contribution in [0.2, 0.25) is 0 Å². The number of aryl methyl sites for hydroxylation is 1. The van der Waals surface area contributed by atoms with Gasteiger partial charge in [-0.25, -0.2) is 18.4 Å². The molecule has 11 heteroatoms. The number of anilines is 2. The number of alkyl halides is 2. The lowest BCUT2D eigenvalue weighted by molar-refractivity contribution is 0.0222. The van der Waals surface area contributed by atoms with E-state index in [2.05, 4.69) is 9.58 Å². The van der Waals surface area contributed by atoms with Crippen molar-refractivity contribution in [3.05, 3.63) is 76.5 Å². The summed E-state index contributed by atoms with van der Waals surface area (Å²) in [7, 11) is 0. The number of ether oxygens (including phenoxy) is 2. The number of aromatic nitrogens is 2. The van der Waals surface area contributed by atoms with E-state index in [1.165, 1.54) is 6.07 Å². The quantitative estimate of drug-likeness (QED) is 0.301. The minimum atomic E-state index is -2.57. The number of carbonyl (C=O) groups excluding carboxylic acids is 2. The summed E-state index contributed by atoms with van der Waals surface area (Å²) in [6.45, 7) is 8.30. The van der Waals surface area contributed by atoms with Crippen molar-refractivity contribution in [3.8, 4) is 0 Å². The summed E-state index contributed by atoms with van der Waals surface area (Å²) in [6, 6.07) is 14.6. The first-order valence-electron chi connectivity index (χ1n) is 15.8. The van der Waals surface area contributed by atoms with Gasteiger partial charge in [-0.3, -0.25) is 4.68 Å². The first-order chi connectivity index (χ1) is 21.6. The summed E-state index contributed by atoms with van der Waals surface area (Å²) in [5.74, 6) is 0.704. The Bertz CT molecular complexity index is 1530. The van der Waals surface area contributed by atoms with Gasteiger partial charge in [0.25, 0.3) is 6.43 Å². The molecule has 0 saturated carbocycles. The monoisotopic (exact) mass is 621 g/mol. The molecule has 4 heterocycles. The van der Waals surface area contributed by atoms with E-state index >= 15 is 0 Å². The van der Waals surface area contributed by atoms with E-state index in [4.69, 9.17) is 14.6 Å². The number of hydrogen-bond donors (Lipinski definition) is 0. The van der Waals surface area contributed by atoms with Crippen LogP contribution in [0, 0.1) is 0 Å². The van der Waals surface area contributed by atoms with Gasteiger partial charge in [-0.05, 0) is 63.6 Å². The Hall–Kier alpha value is -4.15. The topological polar surface area (TPSA) is 80.1 Å². The van der Waals surface area contributed by atoms with Gasteiger partial charge in [-0.15, -0.1) is 0 Å². The zero-order valence-corrected chi connectivity index (χ0v) is 26.2. The lowest BCUT2D eigenvalue weighted by Gasteiger charge is -2.34. The van der Waals surface area contributed by atoms with Crippen LogP contribution in [0.15, 0.2) is 48.5 Å². The molecule has 45 heavy (non-hydrogen) atoms. The summed E-state index contributed by atoms with van der Waals surface area (Å²) in [5.41, 5.74) is 4.03. The van der Waals surface area contributed by atoms with Crippen LogP contribution in [0.4, 0.5) is 29.9 Å². The SMILES string of the molecule is CC(C)(C)OC(=O)N1CCc2c(c(N3CCCc4ccc(C(F)F)cc43)nn2C2CCN(C(=O)OCc3ccccc3)CC2)C1. The second-order valence-corrected chi connectivity index (χ2v) is 13.0. The lowest BCUT2D eigenvalue weighted by Crippen LogP contribution is -2.41. The molecule has 0 bridgehead atoms. The fourth-order valence-electron chi connectivity index (χ4n) is 6.48. The average Bonchev–Trinajstić information content (AvgIpc) is 3.41. The number of nitrogens with zero attached hydrogens (tertiary/aromatic N) is 5. The van der Waals surface area contributed by atoms with Crippen LogP contribution in [-0.2, 0) is 35.5 Å². The minimum Gasteiger partial charge on any atom is -0.445 e. The van der Waals surface area contributed by atoms with Crippen molar-refractivity contribution in [1.29, 1.82) is 0 Å².